The Kier molecular flexibility index (Phi) is 6.37. The van der Waals surface area contributed by atoms with Crippen molar-refractivity contribution in [1.29, 1.82) is 0 Å². The number of hydrogen-bond acceptors (Lipinski definition) is 3. The Morgan fingerprint density at radius 3 is 1.74 bits per heavy atom. The number of aliphatic hydroxyl groups excluding tert-OH is 1. The summed E-state index contributed by atoms with van der Waals surface area (Å²) in [6.07, 6.45) is 3.61. The molecule has 0 aromatic heterocycles. The second kappa shape index (κ2) is 9.20. The van der Waals surface area contributed by atoms with E-state index in [4.69, 9.17) is 4.74 Å². The van der Waals surface area contributed by atoms with Crippen LogP contribution in [0.4, 0.5) is 0 Å². The molecule has 3 aromatic rings. The fraction of sp³-hybridized carbons (Fsp3) is 0.438. The molecule has 1 aliphatic carbocycles. The van der Waals surface area contributed by atoms with Crippen LogP contribution in [0.25, 0.3) is 0 Å². The molecule has 5 rings (SSSR count). The van der Waals surface area contributed by atoms with E-state index in [-0.39, 0.29) is 0 Å². The van der Waals surface area contributed by atoms with Crippen molar-refractivity contribution in [2.45, 2.75) is 76.6 Å². The van der Waals surface area contributed by atoms with Crippen molar-refractivity contribution in [2.75, 3.05) is 6.61 Å². The molecule has 0 saturated carbocycles. The van der Waals surface area contributed by atoms with Crippen LogP contribution in [0.5, 0.6) is 0 Å². The SMILES string of the molecule is CC(C)(C)[C@@]1(O)CCCc2cccc(c2)Cc2cccc(c2)Cc2cccc(c2)C[C@@]2(CO2)[C@@H]1O. The standard InChI is InChI=1S/C32H38O3/c1-30(2,3)32(34)15-7-14-23-8-4-9-24(16-23)17-25-10-5-11-26(18-25)19-27-12-6-13-28(20-27)21-31(22-35-31)29(32)33/h4-6,8-13,16,18,20,29,33-34H,7,14-15,17,19,21-22H2,1-3H3/t29-,31+,32+/m0/s1. The minimum Gasteiger partial charge on any atom is -0.387 e. The molecule has 1 spiro atoms. The van der Waals surface area contributed by atoms with Gasteiger partial charge in [0.2, 0.25) is 0 Å². The van der Waals surface area contributed by atoms with Gasteiger partial charge in [-0.05, 0) is 70.9 Å². The van der Waals surface area contributed by atoms with Crippen molar-refractivity contribution in [2.24, 2.45) is 5.41 Å². The maximum atomic E-state index is 12.0. The highest BCUT2D eigenvalue weighted by atomic mass is 16.6. The van der Waals surface area contributed by atoms with Gasteiger partial charge in [-0.1, -0.05) is 93.6 Å². The average Bonchev–Trinajstić information content (AvgIpc) is 3.58. The first kappa shape index (κ1) is 24.2. The predicted molar refractivity (Wildman–Crippen MR) is 141 cm³/mol. The first-order valence-corrected chi connectivity index (χ1v) is 12.9. The molecule has 2 N–H and O–H groups in total. The third-order valence-electron chi connectivity index (χ3n) is 8.08. The van der Waals surface area contributed by atoms with Crippen LogP contribution in [0.15, 0.2) is 72.8 Å². The molecular weight excluding hydrogens is 432 g/mol. The highest BCUT2D eigenvalue weighted by molar-refractivity contribution is 5.36. The molecule has 1 heterocycles. The van der Waals surface area contributed by atoms with E-state index in [1.165, 1.54) is 27.8 Å². The van der Waals surface area contributed by atoms with Gasteiger partial charge in [0, 0.05) is 6.42 Å². The van der Waals surface area contributed by atoms with Crippen LogP contribution in [0.1, 0.15) is 67.0 Å². The number of rotatable bonds is 0. The number of benzene rings is 3. The van der Waals surface area contributed by atoms with Crippen molar-refractivity contribution < 1.29 is 14.9 Å². The molecule has 35 heavy (non-hydrogen) atoms. The molecule has 1 aliphatic heterocycles. The number of hydrogen-bond donors (Lipinski definition) is 2. The Labute approximate surface area is 209 Å². The zero-order valence-corrected chi connectivity index (χ0v) is 21.3. The zero-order chi connectivity index (χ0) is 24.7. The summed E-state index contributed by atoms with van der Waals surface area (Å²) in [6, 6.07) is 26.3. The van der Waals surface area contributed by atoms with Gasteiger partial charge in [-0.2, -0.15) is 0 Å². The lowest BCUT2D eigenvalue weighted by atomic mass is 9.66. The number of ether oxygens (including phenoxy) is 1. The Hall–Kier alpha value is -2.46. The van der Waals surface area contributed by atoms with Gasteiger partial charge in [-0.3, -0.25) is 0 Å². The summed E-state index contributed by atoms with van der Waals surface area (Å²) >= 11 is 0. The lowest BCUT2D eigenvalue weighted by Crippen LogP contribution is -2.59. The van der Waals surface area contributed by atoms with Gasteiger partial charge in [-0.25, -0.2) is 0 Å². The summed E-state index contributed by atoms with van der Waals surface area (Å²) in [5.41, 5.74) is 5.13. The number of fused-ring (bicyclic) bond motifs is 6. The molecule has 0 radical (unpaired) electrons. The van der Waals surface area contributed by atoms with Crippen molar-refractivity contribution >= 4 is 0 Å². The topological polar surface area (TPSA) is 53.0 Å². The fourth-order valence-electron chi connectivity index (χ4n) is 5.78. The van der Waals surface area contributed by atoms with Gasteiger partial charge >= 0.3 is 0 Å². The van der Waals surface area contributed by atoms with Gasteiger partial charge in [0.1, 0.15) is 11.7 Å². The highest BCUT2D eigenvalue weighted by Gasteiger charge is 2.61. The van der Waals surface area contributed by atoms with Gasteiger partial charge < -0.3 is 14.9 Å². The smallest absolute Gasteiger partial charge is 0.124 e. The van der Waals surface area contributed by atoms with Crippen LogP contribution in [0.2, 0.25) is 0 Å². The van der Waals surface area contributed by atoms with Crippen LogP contribution < -0.4 is 0 Å². The molecule has 6 bridgehead atoms. The fourth-order valence-corrected chi connectivity index (χ4v) is 5.78. The summed E-state index contributed by atoms with van der Waals surface area (Å²) in [5.74, 6) is 0. The summed E-state index contributed by atoms with van der Waals surface area (Å²) in [4.78, 5) is 0. The van der Waals surface area contributed by atoms with Crippen molar-refractivity contribution in [3.8, 4) is 0 Å². The molecule has 0 amide bonds. The Bertz CT molecular complexity index is 1190. The number of aliphatic hydroxyl groups is 2. The van der Waals surface area contributed by atoms with E-state index in [0.29, 0.717) is 19.4 Å². The lowest BCUT2D eigenvalue weighted by Gasteiger charge is -2.46. The Morgan fingerprint density at radius 1 is 0.771 bits per heavy atom. The van der Waals surface area contributed by atoms with Gasteiger partial charge in [0.25, 0.3) is 0 Å². The molecule has 3 nitrogen and oxygen atoms in total. The van der Waals surface area contributed by atoms with E-state index >= 15 is 0 Å². The highest BCUT2D eigenvalue weighted by Crippen LogP contribution is 2.47. The normalized spacial score (nSPS) is 27.2. The van der Waals surface area contributed by atoms with E-state index < -0.39 is 22.7 Å². The number of aryl methyl sites for hydroxylation is 1. The monoisotopic (exact) mass is 470 g/mol. The van der Waals surface area contributed by atoms with Crippen LogP contribution in [-0.2, 0) is 30.4 Å². The maximum absolute atomic E-state index is 12.0. The first-order valence-electron chi connectivity index (χ1n) is 12.9. The predicted octanol–water partition coefficient (Wildman–Crippen LogP) is 5.65. The van der Waals surface area contributed by atoms with Gasteiger partial charge in [0.05, 0.1) is 12.2 Å². The van der Waals surface area contributed by atoms with Gasteiger partial charge in [-0.15, -0.1) is 0 Å². The minimum atomic E-state index is -1.25. The summed E-state index contributed by atoms with van der Waals surface area (Å²) in [6.45, 7) is 6.54. The Morgan fingerprint density at radius 2 is 1.23 bits per heavy atom. The summed E-state index contributed by atoms with van der Waals surface area (Å²) < 4.78 is 5.94. The molecule has 3 heteroatoms. The van der Waals surface area contributed by atoms with Crippen molar-refractivity contribution in [3.63, 3.8) is 0 Å². The van der Waals surface area contributed by atoms with E-state index in [1.807, 2.05) is 20.8 Å². The van der Waals surface area contributed by atoms with Crippen LogP contribution in [0.3, 0.4) is 0 Å². The third-order valence-corrected chi connectivity index (χ3v) is 8.08. The third kappa shape index (κ3) is 5.09. The largest absolute Gasteiger partial charge is 0.387 e. The van der Waals surface area contributed by atoms with Crippen LogP contribution in [-0.4, -0.2) is 34.1 Å². The molecular formula is C32H38O3. The summed E-state index contributed by atoms with van der Waals surface area (Å²) in [7, 11) is 0. The summed E-state index contributed by atoms with van der Waals surface area (Å²) in [5, 5.41) is 23.6. The second-order valence-corrected chi connectivity index (χ2v) is 11.8. The average molecular weight is 471 g/mol. The molecule has 2 aliphatic rings. The van der Waals surface area contributed by atoms with Crippen molar-refractivity contribution in [1.82, 2.24) is 0 Å². The lowest BCUT2D eigenvalue weighted by molar-refractivity contribution is -0.170. The molecule has 184 valence electrons. The van der Waals surface area contributed by atoms with E-state index in [2.05, 4.69) is 72.8 Å². The Balaban J connectivity index is 1.53. The second-order valence-electron chi connectivity index (χ2n) is 11.8. The van der Waals surface area contributed by atoms with E-state index in [1.54, 1.807) is 0 Å². The van der Waals surface area contributed by atoms with E-state index in [0.717, 1.165) is 31.2 Å². The van der Waals surface area contributed by atoms with Crippen LogP contribution >= 0.6 is 0 Å². The maximum Gasteiger partial charge on any atom is 0.124 e. The van der Waals surface area contributed by atoms with Crippen molar-refractivity contribution in [3.05, 3.63) is 106 Å². The number of epoxide rings is 1. The molecule has 0 unspecified atom stereocenters. The zero-order valence-electron chi connectivity index (χ0n) is 21.3. The quantitative estimate of drug-likeness (QED) is 0.417. The van der Waals surface area contributed by atoms with Crippen LogP contribution in [0, 0.1) is 5.41 Å². The molecule has 3 aromatic carbocycles. The first-order chi connectivity index (χ1) is 16.7. The molecule has 3 atom stereocenters. The molecule has 1 fully saturated rings. The van der Waals surface area contributed by atoms with Gasteiger partial charge in [0.15, 0.2) is 0 Å². The van der Waals surface area contributed by atoms with E-state index in [9.17, 15) is 10.2 Å². The molecule has 1 saturated heterocycles. The minimum absolute atomic E-state index is 0.473.